The van der Waals surface area contributed by atoms with Crippen LogP contribution in [0.5, 0.6) is 5.75 Å². The Hall–Kier alpha value is -2.82. The highest BCUT2D eigenvalue weighted by molar-refractivity contribution is 6.01. The number of nitrogen functional groups attached to an aromatic ring is 1. The molecule has 0 saturated heterocycles. The van der Waals surface area contributed by atoms with E-state index in [-0.39, 0.29) is 11.7 Å². The average molecular weight is 269 g/mol. The van der Waals surface area contributed by atoms with Crippen molar-refractivity contribution in [2.75, 3.05) is 5.73 Å². The molecule has 1 amide bonds. The van der Waals surface area contributed by atoms with Crippen LogP contribution in [0.2, 0.25) is 0 Å². The van der Waals surface area contributed by atoms with Crippen LogP contribution in [0.3, 0.4) is 0 Å². The van der Waals surface area contributed by atoms with Crippen molar-refractivity contribution in [3.8, 4) is 5.75 Å². The Labute approximate surface area is 116 Å². The average Bonchev–Trinajstić information content (AvgIpc) is 2.45. The summed E-state index contributed by atoms with van der Waals surface area (Å²) in [4.78, 5) is 11.8. The Morgan fingerprint density at radius 3 is 2.50 bits per heavy atom. The molecule has 0 atom stereocenters. The van der Waals surface area contributed by atoms with Crippen molar-refractivity contribution in [1.82, 2.24) is 5.43 Å². The van der Waals surface area contributed by atoms with E-state index in [1.807, 2.05) is 12.1 Å². The van der Waals surface area contributed by atoms with Gasteiger partial charge < -0.3 is 10.8 Å². The molecule has 0 unspecified atom stereocenters. The number of hydrogen-bond acceptors (Lipinski definition) is 4. The molecule has 20 heavy (non-hydrogen) atoms. The van der Waals surface area contributed by atoms with Crippen LogP contribution in [0.1, 0.15) is 22.8 Å². The minimum absolute atomic E-state index is 0.112. The Bertz CT molecular complexity index is 648. The third kappa shape index (κ3) is 3.35. The van der Waals surface area contributed by atoms with Gasteiger partial charge in [0.25, 0.3) is 5.91 Å². The highest BCUT2D eigenvalue weighted by atomic mass is 16.3. The van der Waals surface area contributed by atoms with Crippen molar-refractivity contribution < 1.29 is 9.90 Å². The molecule has 0 spiro atoms. The van der Waals surface area contributed by atoms with E-state index in [1.54, 1.807) is 19.1 Å². The van der Waals surface area contributed by atoms with Gasteiger partial charge in [-0.15, -0.1) is 0 Å². The second kappa shape index (κ2) is 5.88. The van der Waals surface area contributed by atoms with Gasteiger partial charge >= 0.3 is 0 Å². The lowest BCUT2D eigenvalue weighted by molar-refractivity contribution is 0.0955. The molecular weight excluding hydrogens is 254 g/mol. The van der Waals surface area contributed by atoms with Crippen molar-refractivity contribution in [2.24, 2.45) is 5.10 Å². The molecule has 2 aromatic rings. The highest BCUT2D eigenvalue weighted by Gasteiger charge is 2.04. The van der Waals surface area contributed by atoms with E-state index in [0.717, 1.165) is 5.56 Å². The van der Waals surface area contributed by atoms with Gasteiger partial charge in [0.15, 0.2) is 0 Å². The smallest absolute Gasteiger partial charge is 0.271 e. The summed E-state index contributed by atoms with van der Waals surface area (Å²) < 4.78 is 0. The summed E-state index contributed by atoms with van der Waals surface area (Å²) in [6.45, 7) is 1.78. The van der Waals surface area contributed by atoms with E-state index in [0.29, 0.717) is 17.0 Å². The molecule has 5 heteroatoms. The van der Waals surface area contributed by atoms with Gasteiger partial charge in [-0.1, -0.05) is 12.1 Å². The maximum atomic E-state index is 11.8. The number of nitrogens with zero attached hydrogens (tertiary/aromatic N) is 1. The zero-order valence-electron chi connectivity index (χ0n) is 11.0. The lowest BCUT2D eigenvalue weighted by atomic mass is 10.1. The molecule has 2 rings (SSSR count). The molecule has 0 aliphatic carbocycles. The van der Waals surface area contributed by atoms with Gasteiger partial charge in [0.05, 0.1) is 5.71 Å². The molecule has 5 nitrogen and oxygen atoms in total. The fourth-order valence-corrected chi connectivity index (χ4v) is 1.64. The van der Waals surface area contributed by atoms with Crippen LogP contribution in [0.15, 0.2) is 53.6 Å². The molecule has 2 aromatic carbocycles. The fraction of sp³-hybridized carbons (Fsp3) is 0.0667. The number of phenolic OH excluding ortho intramolecular Hbond substituents is 1. The van der Waals surface area contributed by atoms with E-state index in [2.05, 4.69) is 10.5 Å². The maximum Gasteiger partial charge on any atom is 0.271 e. The topological polar surface area (TPSA) is 87.7 Å². The van der Waals surface area contributed by atoms with E-state index < -0.39 is 0 Å². The number of nitrogens with two attached hydrogens (primary N) is 1. The van der Waals surface area contributed by atoms with Gasteiger partial charge in [0.1, 0.15) is 5.75 Å². The first-order chi connectivity index (χ1) is 9.56. The first kappa shape index (κ1) is 13.6. The highest BCUT2D eigenvalue weighted by Crippen LogP contribution is 2.10. The fourth-order valence-electron chi connectivity index (χ4n) is 1.64. The summed E-state index contributed by atoms with van der Waals surface area (Å²) in [7, 11) is 0. The molecule has 0 aliphatic rings. The molecule has 0 bridgehead atoms. The van der Waals surface area contributed by atoms with Crippen molar-refractivity contribution in [1.29, 1.82) is 0 Å². The zero-order valence-corrected chi connectivity index (χ0v) is 11.0. The number of carbonyl (C=O) groups excluding carboxylic acids is 1. The molecule has 0 fully saturated rings. The lowest BCUT2D eigenvalue weighted by Crippen LogP contribution is -2.19. The summed E-state index contributed by atoms with van der Waals surface area (Å²) in [5, 5.41) is 13.2. The monoisotopic (exact) mass is 269 g/mol. The third-order valence-corrected chi connectivity index (χ3v) is 2.76. The SMILES string of the molecule is CC(=NNC(=O)c1ccc(O)cc1)c1cccc(N)c1. The van der Waals surface area contributed by atoms with Crippen LogP contribution in [0, 0.1) is 0 Å². The number of hydrogen-bond donors (Lipinski definition) is 3. The number of hydrazone groups is 1. The quantitative estimate of drug-likeness (QED) is 0.453. The van der Waals surface area contributed by atoms with Crippen LogP contribution in [-0.4, -0.2) is 16.7 Å². The molecule has 4 N–H and O–H groups in total. The molecule has 102 valence electrons. The Kier molecular flexibility index (Phi) is 4.00. The number of phenols is 1. The van der Waals surface area contributed by atoms with Gasteiger partial charge in [0, 0.05) is 11.3 Å². The minimum Gasteiger partial charge on any atom is -0.508 e. The van der Waals surface area contributed by atoms with E-state index in [1.165, 1.54) is 24.3 Å². The van der Waals surface area contributed by atoms with Gasteiger partial charge in [-0.2, -0.15) is 5.10 Å². The lowest BCUT2D eigenvalue weighted by Gasteiger charge is -2.04. The number of nitrogens with one attached hydrogen (secondary N) is 1. The van der Waals surface area contributed by atoms with E-state index in [9.17, 15) is 4.79 Å². The van der Waals surface area contributed by atoms with E-state index >= 15 is 0 Å². The van der Waals surface area contributed by atoms with Gasteiger partial charge in [-0.25, -0.2) is 5.43 Å². The van der Waals surface area contributed by atoms with Crippen molar-refractivity contribution in [3.05, 3.63) is 59.7 Å². The van der Waals surface area contributed by atoms with Crippen molar-refractivity contribution in [2.45, 2.75) is 6.92 Å². The standard InChI is InChI=1S/C15H15N3O2/c1-10(12-3-2-4-13(16)9-12)17-18-15(20)11-5-7-14(19)8-6-11/h2-9,19H,16H2,1H3,(H,18,20). The second-order valence-electron chi connectivity index (χ2n) is 4.31. The summed E-state index contributed by atoms with van der Waals surface area (Å²) in [6.07, 6.45) is 0. The Morgan fingerprint density at radius 1 is 1.15 bits per heavy atom. The third-order valence-electron chi connectivity index (χ3n) is 2.76. The minimum atomic E-state index is -0.340. The molecule has 0 radical (unpaired) electrons. The summed E-state index contributed by atoms with van der Waals surface area (Å²) in [5.74, 6) is -0.228. The molecule has 0 aliphatic heterocycles. The first-order valence-corrected chi connectivity index (χ1v) is 6.06. The van der Waals surface area contributed by atoms with Crippen LogP contribution in [-0.2, 0) is 0 Å². The summed E-state index contributed by atoms with van der Waals surface area (Å²) in [6, 6.07) is 13.2. The molecular formula is C15H15N3O2. The van der Waals surface area contributed by atoms with Crippen LogP contribution >= 0.6 is 0 Å². The Morgan fingerprint density at radius 2 is 1.85 bits per heavy atom. The van der Waals surface area contributed by atoms with Crippen LogP contribution in [0.4, 0.5) is 5.69 Å². The second-order valence-corrected chi connectivity index (χ2v) is 4.31. The normalized spacial score (nSPS) is 11.2. The number of amides is 1. The van der Waals surface area contributed by atoms with Crippen LogP contribution < -0.4 is 11.2 Å². The number of benzene rings is 2. The van der Waals surface area contributed by atoms with Crippen molar-refractivity contribution >= 4 is 17.3 Å². The zero-order chi connectivity index (χ0) is 14.5. The molecule has 0 aromatic heterocycles. The molecule has 0 saturated carbocycles. The van der Waals surface area contributed by atoms with Crippen LogP contribution in [0.25, 0.3) is 0 Å². The first-order valence-electron chi connectivity index (χ1n) is 6.06. The van der Waals surface area contributed by atoms with Crippen molar-refractivity contribution in [3.63, 3.8) is 0 Å². The summed E-state index contributed by atoms with van der Waals surface area (Å²) in [5.41, 5.74) is 10.7. The Balaban J connectivity index is 2.08. The predicted octanol–water partition coefficient (Wildman–Crippen LogP) is 2.13. The summed E-state index contributed by atoms with van der Waals surface area (Å²) >= 11 is 0. The maximum absolute atomic E-state index is 11.8. The number of rotatable bonds is 3. The van der Waals surface area contributed by atoms with Gasteiger partial charge in [0.2, 0.25) is 0 Å². The van der Waals surface area contributed by atoms with Gasteiger partial charge in [-0.05, 0) is 48.9 Å². The number of carbonyl (C=O) groups is 1. The van der Waals surface area contributed by atoms with E-state index in [4.69, 9.17) is 10.8 Å². The largest absolute Gasteiger partial charge is 0.508 e. The number of aromatic hydroxyl groups is 1. The number of anilines is 1. The predicted molar refractivity (Wildman–Crippen MR) is 78.6 cm³/mol. The van der Waals surface area contributed by atoms with Gasteiger partial charge in [-0.3, -0.25) is 4.79 Å². The molecule has 0 heterocycles.